The number of halogens is 1. The van der Waals surface area contributed by atoms with Crippen molar-refractivity contribution < 1.29 is 23.8 Å². The highest BCUT2D eigenvalue weighted by Gasteiger charge is 2.25. The van der Waals surface area contributed by atoms with E-state index >= 15 is 0 Å². The number of ether oxygens (including phenoxy) is 3. The number of anilines is 1. The summed E-state index contributed by atoms with van der Waals surface area (Å²) in [6.07, 6.45) is 3.67. The van der Waals surface area contributed by atoms with E-state index in [9.17, 15) is 9.59 Å². The Morgan fingerprint density at radius 1 is 1.18 bits per heavy atom. The average molecular weight is 483 g/mol. The Bertz CT molecular complexity index is 1260. The number of carbonyl (C=O) groups is 2. The van der Waals surface area contributed by atoms with Gasteiger partial charge in [0.05, 0.1) is 28.4 Å². The highest BCUT2D eigenvalue weighted by molar-refractivity contribution is 6.33. The fourth-order valence-electron chi connectivity index (χ4n) is 3.37. The zero-order valence-corrected chi connectivity index (χ0v) is 19.1. The number of fused-ring (bicyclic) bond motifs is 1. The lowest BCUT2D eigenvalue weighted by Crippen LogP contribution is -2.30. The molecule has 2 heterocycles. The number of benzene rings is 2. The van der Waals surface area contributed by atoms with Gasteiger partial charge in [-0.05, 0) is 37.1 Å². The van der Waals surface area contributed by atoms with Crippen LogP contribution in [0.1, 0.15) is 23.2 Å². The molecule has 9 nitrogen and oxygen atoms in total. The highest BCUT2D eigenvalue weighted by atomic mass is 35.5. The summed E-state index contributed by atoms with van der Waals surface area (Å²) in [5.74, 6) is 1.11. The van der Waals surface area contributed by atoms with Crippen molar-refractivity contribution in [2.45, 2.75) is 25.0 Å². The van der Waals surface area contributed by atoms with E-state index in [0.717, 1.165) is 12.8 Å². The minimum absolute atomic E-state index is 0.0536. The number of epoxide rings is 1. The predicted molar refractivity (Wildman–Crippen MR) is 127 cm³/mol. The molecule has 0 bridgehead atoms. The van der Waals surface area contributed by atoms with Gasteiger partial charge in [0.25, 0.3) is 5.91 Å². The van der Waals surface area contributed by atoms with E-state index in [1.54, 1.807) is 49.6 Å². The molecule has 1 saturated heterocycles. The van der Waals surface area contributed by atoms with Gasteiger partial charge in [-0.1, -0.05) is 11.6 Å². The number of carbonyl (C=O) groups excluding carboxylic acids is 2. The van der Waals surface area contributed by atoms with Gasteiger partial charge in [0, 0.05) is 36.8 Å². The van der Waals surface area contributed by atoms with Crippen LogP contribution in [-0.4, -0.2) is 49.3 Å². The summed E-state index contributed by atoms with van der Waals surface area (Å²) < 4.78 is 17.1. The predicted octanol–water partition coefficient (Wildman–Crippen LogP) is 4.10. The Morgan fingerprint density at radius 2 is 2.00 bits per heavy atom. The van der Waals surface area contributed by atoms with E-state index < -0.39 is 0 Å². The van der Waals surface area contributed by atoms with Crippen molar-refractivity contribution in [3.8, 4) is 17.2 Å². The van der Waals surface area contributed by atoms with Crippen LogP contribution in [0.3, 0.4) is 0 Å². The molecule has 5 rings (SSSR count). The van der Waals surface area contributed by atoms with Gasteiger partial charge in [0.15, 0.2) is 0 Å². The van der Waals surface area contributed by atoms with Gasteiger partial charge in [0.2, 0.25) is 0 Å². The van der Waals surface area contributed by atoms with Crippen LogP contribution in [0, 0.1) is 0 Å². The van der Waals surface area contributed by atoms with Gasteiger partial charge >= 0.3 is 6.03 Å². The van der Waals surface area contributed by atoms with Crippen molar-refractivity contribution in [2.24, 2.45) is 0 Å². The number of amides is 3. The van der Waals surface area contributed by atoms with E-state index in [0.29, 0.717) is 57.6 Å². The summed E-state index contributed by atoms with van der Waals surface area (Å²) in [5.41, 5.74) is 1.46. The standard InChI is InChI=1S/C24H23ClN4O5/c1-26-23(30)17-9-16-20(10-22(17)33-12-15-11-32-15)27-7-6-21(16)34-14-4-5-19(18(25)8-14)29-24(31)28-13-2-3-13/h4-10,13,15H,2-3,11-12H2,1H3,(H,26,30)(H2,28,29,31). The number of hydrogen-bond donors (Lipinski definition) is 3. The second-order valence-corrected chi connectivity index (χ2v) is 8.54. The average Bonchev–Trinajstić information content (AvgIpc) is 3.75. The first-order chi connectivity index (χ1) is 16.5. The van der Waals surface area contributed by atoms with Crippen LogP contribution in [0.4, 0.5) is 10.5 Å². The summed E-state index contributed by atoms with van der Waals surface area (Å²) in [6.45, 7) is 1.02. The summed E-state index contributed by atoms with van der Waals surface area (Å²) in [5, 5.41) is 9.21. The van der Waals surface area contributed by atoms with Gasteiger partial charge in [-0.3, -0.25) is 9.78 Å². The molecule has 2 aliphatic rings. The number of hydrogen-bond acceptors (Lipinski definition) is 6. The quantitative estimate of drug-likeness (QED) is 0.416. The molecule has 1 saturated carbocycles. The smallest absolute Gasteiger partial charge is 0.319 e. The summed E-state index contributed by atoms with van der Waals surface area (Å²) in [4.78, 5) is 28.9. The molecule has 3 N–H and O–H groups in total. The number of pyridine rings is 1. The van der Waals surface area contributed by atoms with Gasteiger partial charge in [-0.25, -0.2) is 4.79 Å². The summed E-state index contributed by atoms with van der Waals surface area (Å²) in [6, 6.07) is 10.1. The maximum absolute atomic E-state index is 12.5. The van der Waals surface area contributed by atoms with E-state index in [-0.39, 0.29) is 24.1 Å². The Balaban J connectivity index is 1.39. The van der Waals surface area contributed by atoms with Gasteiger partial charge in [0.1, 0.15) is 30.0 Å². The third kappa shape index (κ3) is 5.16. The lowest BCUT2D eigenvalue weighted by molar-refractivity contribution is 0.0958. The van der Waals surface area contributed by atoms with Crippen LogP contribution in [-0.2, 0) is 4.74 Å². The first kappa shape index (κ1) is 22.2. The minimum atomic E-state index is -0.286. The molecule has 10 heteroatoms. The normalized spacial score (nSPS) is 16.6. The number of aromatic nitrogens is 1. The van der Waals surface area contributed by atoms with Crippen LogP contribution in [0.2, 0.25) is 5.02 Å². The summed E-state index contributed by atoms with van der Waals surface area (Å²) in [7, 11) is 1.56. The van der Waals surface area contributed by atoms with Crippen molar-refractivity contribution in [3.05, 3.63) is 53.2 Å². The molecule has 1 unspecified atom stereocenters. The van der Waals surface area contributed by atoms with Crippen LogP contribution in [0.15, 0.2) is 42.6 Å². The van der Waals surface area contributed by atoms with Crippen LogP contribution >= 0.6 is 11.6 Å². The van der Waals surface area contributed by atoms with E-state index in [4.69, 9.17) is 25.8 Å². The molecule has 1 aromatic heterocycles. The van der Waals surface area contributed by atoms with Crippen molar-refractivity contribution in [3.63, 3.8) is 0 Å². The maximum atomic E-state index is 12.5. The topological polar surface area (TPSA) is 114 Å². The molecule has 2 aromatic carbocycles. The largest absolute Gasteiger partial charge is 0.490 e. The fourth-order valence-corrected chi connectivity index (χ4v) is 3.59. The zero-order valence-electron chi connectivity index (χ0n) is 18.4. The molecule has 2 fully saturated rings. The SMILES string of the molecule is CNC(=O)c1cc2c(Oc3ccc(NC(=O)NC4CC4)c(Cl)c3)ccnc2cc1OCC1CO1. The lowest BCUT2D eigenvalue weighted by Gasteiger charge is -2.14. The maximum Gasteiger partial charge on any atom is 0.319 e. The number of nitrogens with zero attached hydrogens (tertiary/aromatic N) is 1. The van der Waals surface area contributed by atoms with Gasteiger partial charge in [-0.15, -0.1) is 0 Å². The van der Waals surface area contributed by atoms with Gasteiger partial charge in [-0.2, -0.15) is 0 Å². The molecule has 1 atom stereocenters. The van der Waals surface area contributed by atoms with Crippen LogP contribution < -0.4 is 25.4 Å². The number of nitrogens with one attached hydrogen (secondary N) is 3. The summed E-state index contributed by atoms with van der Waals surface area (Å²) >= 11 is 6.37. The Kier molecular flexibility index (Phi) is 6.12. The molecule has 3 amide bonds. The van der Waals surface area contributed by atoms with Crippen LogP contribution in [0.25, 0.3) is 10.9 Å². The zero-order chi connectivity index (χ0) is 23.7. The van der Waals surface area contributed by atoms with Crippen LogP contribution in [0.5, 0.6) is 17.2 Å². The Labute approximate surface area is 200 Å². The molecule has 0 spiro atoms. The first-order valence-corrected chi connectivity index (χ1v) is 11.3. The number of rotatable bonds is 8. The molecule has 0 radical (unpaired) electrons. The van der Waals surface area contributed by atoms with Gasteiger partial charge < -0.3 is 30.2 Å². The minimum Gasteiger partial charge on any atom is -0.490 e. The molecule has 1 aliphatic heterocycles. The van der Waals surface area contributed by atoms with E-state index in [1.807, 2.05) is 0 Å². The third-order valence-corrected chi connectivity index (χ3v) is 5.74. The molecule has 176 valence electrons. The molecule has 3 aromatic rings. The van der Waals surface area contributed by atoms with E-state index in [2.05, 4.69) is 20.9 Å². The van der Waals surface area contributed by atoms with Crippen molar-refractivity contribution in [2.75, 3.05) is 25.6 Å². The van der Waals surface area contributed by atoms with E-state index in [1.165, 1.54) is 0 Å². The second kappa shape index (κ2) is 9.36. The second-order valence-electron chi connectivity index (χ2n) is 8.14. The van der Waals surface area contributed by atoms with Crippen molar-refractivity contribution in [1.82, 2.24) is 15.6 Å². The third-order valence-electron chi connectivity index (χ3n) is 5.43. The lowest BCUT2D eigenvalue weighted by atomic mass is 10.1. The Hall–Kier alpha value is -3.56. The molecular formula is C24H23ClN4O5. The molecular weight excluding hydrogens is 460 g/mol. The van der Waals surface area contributed by atoms with Crippen molar-refractivity contribution in [1.29, 1.82) is 0 Å². The highest BCUT2D eigenvalue weighted by Crippen LogP contribution is 2.35. The first-order valence-electron chi connectivity index (χ1n) is 10.9. The Morgan fingerprint density at radius 3 is 2.71 bits per heavy atom. The fraction of sp³-hybridized carbons (Fsp3) is 0.292. The number of urea groups is 1. The van der Waals surface area contributed by atoms with Crippen molar-refractivity contribution >= 4 is 40.1 Å². The monoisotopic (exact) mass is 482 g/mol. The molecule has 1 aliphatic carbocycles. The molecule has 34 heavy (non-hydrogen) atoms.